The maximum absolute atomic E-state index is 10.5. The first kappa shape index (κ1) is 23.4. The van der Waals surface area contributed by atoms with Crippen LogP contribution in [0.1, 0.15) is 0 Å². The van der Waals surface area contributed by atoms with Crippen molar-refractivity contribution in [3.63, 3.8) is 0 Å². The summed E-state index contributed by atoms with van der Waals surface area (Å²) in [7, 11) is 0. The molecule has 8 N–H and O–H groups in total. The van der Waals surface area contributed by atoms with Crippen molar-refractivity contribution in [2.24, 2.45) is 10.2 Å². The molecule has 10 heteroatoms. The fraction of sp³-hybridized carbons (Fsp3) is 0.300. The molecule has 30 heavy (non-hydrogen) atoms. The van der Waals surface area contributed by atoms with Crippen LogP contribution in [0.4, 0.5) is 11.4 Å². The molecule has 2 rings (SSSR count). The van der Waals surface area contributed by atoms with E-state index in [1.807, 2.05) is 12.1 Å². The number of aliphatic hydroxyl groups excluding tert-OH is 6. The molecule has 2 aromatic carbocycles. The van der Waals surface area contributed by atoms with E-state index in [1.165, 1.54) is 0 Å². The second kappa shape index (κ2) is 12.0. The lowest BCUT2D eigenvalue weighted by atomic mass is 9.97. The average Bonchev–Trinajstić information content (AvgIpc) is 2.80. The molecular formula is C20H26N4O6. The van der Waals surface area contributed by atoms with Gasteiger partial charge in [0.15, 0.2) is 0 Å². The Kier molecular flexibility index (Phi) is 9.35. The number of anilines is 2. The smallest absolute Gasteiger partial charge is 0.128 e. The molecule has 162 valence electrons. The molecule has 0 saturated heterocycles. The zero-order valence-corrected chi connectivity index (χ0v) is 16.0. The lowest BCUT2D eigenvalue weighted by Crippen LogP contribution is -2.52. The maximum Gasteiger partial charge on any atom is 0.128 e. The summed E-state index contributed by atoms with van der Waals surface area (Å²) in [6.45, 7) is -0.833. The number of para-hydroxylation sites is 2. The maximum atomic E-state index is 10.5. The molecule has 0 radical (unpaired) electrons. The molecule has 10 nitrogen and oxygen atoms in total. The quantitative estimate of drug-likeness (QED) is 0.176. The van der Waals surface area contributed by atoms with Crippen LogP contribution in [0, 0.1) is 0 Å². The van der Waals surface area contributed by atoms with Gasteiger partial charge in [-0.25, -0.2) is 0 Å². The van der Waals surface area contributed by atoms with E-state index in [1.54, 1.807) is 48.5 Å². The van der Waals surface area contributed by atoms with E-state index in [4.69, 9.17) is 5.11 Å². The van der Waals surface area contributed by atoms with Gasteiger partial charge < -0.3 is 30.6 Å². The summed E-state index contributed by atoms with van der Waals surface area (Å²) in [5.74, 6) is 0. The van der Waals surface area contributed by atoms with Crippen molar-refractivity contribution in [3.8, 4) is 0 Å². The Balaban J connectivity index is 2.18. The molecule has 0 fully saturated rings. The van der Waals surface area contributed by atoms with Gasteiger partial charge in [-0.05, 0) is 24.3 Å². The van der Waals surface area contributed by atoms with Gasteiger partial charge in [0.05, 0.1) is 24.2 Å². The highest BCUT2D eigenvalue weighted by Crippen LogP contribution is 2.11. The summed E-state index contributed by atoms with van der Waals surface area (Å²) in [4.78, 5) is 0. The standard InChI is InChI=1S/C20H26N4O6/c25-12-16(26)18(28)20(30)19(29)17(27)15(24-23-14-9-5-2-6-10-14)11-21-22-13-7-3-1-4-8-13/h1-11,16-20,22-23,25-30H,12H2/b21-11-,24-15+/t16-,17-,18-,19-,20-/m1/s1. The van der Waals surface area contributed by atoms with Crippen LogP contribution < -0.4 is 10.9 Å². The van der Waals surface area contributed by atoms with Gasteiger partial charge in [-0.3, -0.25) is 10.9 Å². The van der Waals surface area contributed by atoms with Crippen molar-refractivity contribution in [2.45, 2.75) is 30.5 Å². The van der Waals surface area contributed by atoms with Crippen LogP contribution in [0.2, 0.25) is 0 Å². The van der Waals surface area contributed by atoms with Gasteiger partial charge in [0.2, 0.25) is 0 Å². The van der Waals surface area contributed by atoms with Gasteiger partial charge in [-0.1, -0.05) is 36.4 Å². The summed E-state index contributed by atoms with van der Waals surface area (Å²) in [5, 5.41) is 66.9. The van der Waals surface area contributed by atoms with Crippen LogP contribution in [-0.4, -0.2) is 79.7 Å². The van der Waals surface area contributed by atoms with Crippen molar-refractivity contribution in [1.29, 1.82) is 0 Å². The van der Waals surface area contributed by atoms with Crippen LogP contribution in [0.15, 0.2) is 70.9 Å². The van der Waals surface area contributed by atoms with E-state index in [9.17, 15) is 25.5 Å². The largest absolute Gasteiger partial charge is 0.394 e. The molecule has 0 heterocycles. The number of nitrogens with zero attached hydrogens (tertiary/aromatic N) is 2. The normalized spacial score (nSPS) is 17.2. The monoisotopic (exact) mass is 418 g/mol. The Morgan fingerprint density at radius 2 is 1.30 bits per heavy atom. The first-order chi connectivity index (χ1) is 14.4. The van der Waals surface area contributed by atoms with Gasteiger partial charge >= 0.3 is 0 Å². The third kappa shape index (κ3) is 6.88. The van der Waals surface area contributed by atoms with E-state index in [0.717, 1.165) is 6.21 Å². The molecule has 0 spiro atoms. The van der Waals surface area contributed by atoms with Crippen molar-refractivity contribution in [3.05, 3.63) is 60.7 Å². The second-order valence-electron chi connectivity index (χ2n) is 6.42. The minimum Gasteiger partial charge on any atom is -0.394 e. The number of hydrogen-bond acceptors (Lipinski definition) is 10. The average molecular weight is 418 g/mol. The second-order valence-corrected chi connectivity index (χ2v) is 6.42. The minimum atomic E-state index is -1.96. The molecule has 2 aromatic rings. The fourth-order valence-corrected chi connectivity index (χ4v) is 2.40. The summed E-state index contributed by atoms with van der Waals surface area (Å²) >= 11 is 0. The molecule has 0 aliphatic rings. The van der Waals surface area contributed by atoms with Crippen molar-refractivity contribution >= 4 is 23.3 Å². The lowest BCUT2D eigenvalue weighted by molar-refractivity contribution is -0.130. The highest BCUT2D eigenvalue weighted by molar-refractivity contribution is 6.33. The summed E-state index contributed by atoms with van der Waals surface area (Å²) in [6, 6.07) is 17.7. The van der Waals surface area contributed by atoms with Gasteiger partial charge in [-0.15, -0.1) is 0 Å². The zero-order valence-electron chi connectivity index (χ0n) is 16.0. The van der Waals surface area contributed by atoms with E-state index < -0.39 is 37.1 Å². The Morgan fingerprint density at radius 1 is 0.767 bits per heavy atom. The summed E-state index contributed by atoms with van der Waals surface area (Å²) in [6.07, 6.45) is -8.11. The molecule has 0 aromatic heterocycles. The van der Waals surface area contributed by atoms with E-state index in [0.29, 0.717) is 11.4 Å². The van der Waals surface area contributed by atoms with Crippen LogP contribution in [0.3, 0.4) is 0 Å². The lowest BCUT2D eigenvalue weighted by Gasteiger charge is -2.28. The Morgan fingerprint density at radius 3 is 1.83 bits per heavy atom. The SMILES string of the molecule is OC[C@@H](O)[C@@H](O)[C@@H](O)[C@H](O)[C@H](O)C(/C=N\Nc1ccccc1)=N/Nc1ccccc1. The highest BCUT2D eigenvalue weighted by atomic mass is 16.4. The number of hydrogen-bond donors (Lipinski definition) is 8. The number of rotatable bonds is 11. The van der Waals surface area contributed by atoms with Crippen LogP contribution in [0.25, 0.3) is 0 Å². The predicted octanol–water partition coefficient (Wildman–Crippen LogP) is -0.651. The number of hydrazone groups is 2. The fourth-order valence-electron chi connectivity index (χ4n) is 2.40. The van der Waals surface area contributed by atoms with Gasteiger partial charge in [0.25, 0.3) is 0 Å². The molecule has 0 saturated carbocycles. The third-order valence-corrected chi connectivity index (χ3v) is 4.16. The van der Waals surface area contributed by atoms with Crippen LogP contribution >= 0.6 is 0 Å². The van der Waals surface area contributed by atoms with Gasteiger partial charge in [-0.2, -0.15) is 10.2 Å². The first-order valence-corrected chi connectivity index (χ1v) is 9.18. The Hall–Kier alpha value is -2.86. The van der Waals surface area contributed by atoms with Crippen molar-refractivity contribution < 1.29 is 30.6 Å². The molecule has 0 aliphatic heterocycles. The highest BCUT2D eigenvalue weighted by Gasteiger charge is 2.35. The van der Waals surface area contributed by atoms with E-state index >= 15 is 0 Å². The molecular weight excluding hydrogens is 392 g/mol. The topological polar surface area (TPSA) is 170 Å². The van der Waals surface area contributed by atoms with Gasteiger partial charge in [0.1, 0.15) is 36.2 Å². The number of aliphatic hydroxyl groups is 6. The molecule has 0 amide bonds. The predicted molar refractivity (Wildman–Crippen MR) is 113 cm³/mol. The molecule has 0 aliphatic carbocycles. The van der Waals surface area contributed by atoms with Crippen molar-refractivity contribution in [1.82, 2.24) is 0 Å². The van der Waals surface area contributed by atoms with Crippen molar-refractivity contribution in [2.75, 3.05) is 17.5 Å². The van der Waals surface area contributed by atoms with Gasteiger partial charge in [0, 0.05) is 0 Å². The molecule has 0 bridgehead atoms. The summed E-state index contributed by atoms with van der Waals surface area (Å²) in [5.41, 5.74) is 6.52. The first-order valence-electron chi connectivity index (χ1n) is 9.18. The van der Waals surface area contributed by atoms with E-state index in [-0.39, 0.29) is 5.71 Å². The third-order valence-electron chi connectivity index (χ3n) is 4.16. The zero-order chi connectivity index (χ0) is 21.9. The van der Waals surface area contributed by atoms with Crippen LogP contribution in [-0.2, 0) is 0 Å². The Bertz CT molecular complexity index is 805. The summed E-state index contributed by atoms with van der Waals surface area (Å²) < 4.78 is 0. The number of benzene rings is 2. The number of nitrogens with one attached hydrogen (secondary N) is 2. The minimum absolute atomic E-state index is 0.167. The molecule has 0 unspecified atom stereocenters. The van der Waals surface area contributed by atoms with E-state index in [2.05, 4.69) is 21.1 Å². The Labute approximate surface area is 173 Å². The van der Waals surface area contributed by atoms with Crippen LogP contribution in [0.5, 0.6) is 0 Å². The molecule has 5 atom stereocenters.